The van der Waals surface area contributed by atoms with Crippen molar-refractivity contribution in [2.75, 3.05) is 6.54 Å². The second kappa shape index (κ2) is 5.32. The predicted molar refractivity (Wildman–Crippen MR) is 62.7 cm³/mol. The fourth-order valence-electron chi connectivity index (χ4n) is 1.42. The van der Waals surface area contributed by atoms with Crippen LogP contribution in [0, 0.1) is 0 Å². The maximum atomic E-state index is 5.18. The third-order valence-corrected chi connectivity index (χ3v) is 2.32. The van der Waals surface area contributed by atoms with Gasteiger partial charge in [0.25, 0.3) is 0 Å². The molecule has 0 aliphatic heterocycles. The van der Waals surface area contributed by atoms with Crippen molar-refractivity contribution >= 4 is 6.08 Å². The number of furan rings is 1. The van der Waals surface area contributed by atoms with Crippen LogP contribution in [0.3, 0.4) is 0 Å². The molecule has 0 aliphatic rings. The summed E-state index contributed by atoms with van der Waals surface area (Å²) in [5.41, 5.74) is 1.17. The lowest BCUT2D eigenvalue weighted by Gasteiger charge is -2.01. The van der Waals surface area contributed by atoms with E-state index in [0.717, 1.165) is 18.8 Å². The Morgan fingerprint density at radius 1 is 1.50 bits per heavy atom. The normalized spacial score (nSPS) is 11.3. The third kappa shape index (κ3) is 2.84. The van der Waals surface area contributed by atoms with Crippen LogP contribution in [-0.4, -0.2) is 16.3 Å². The highest BCUT2D eigenvalue weighted by molar-refractivity contribution is 5.42. The molecule has 2 aromatic rings. The smallest absolute Gasteiger partial charge is 0.126 e. The molecule has 16 heavy (non-hydrogen) atoms. The fourth-order valence-corrected chi connectivity index (χ4v) is 1.42. The lowest BCUT2D eigenvalue weighted by Crippen LogP contribution is -2.15. The number of aromatic nitrogens is 2. The van der Waals surface area contributed by atoms with Crippen LogP contribution in [0.5, 0.6) is 0 Å². The van der Waals surface area contributed by atoms with Gasteiger partial charge in [0, 0.05) is 26.3 Å². The Labute approximate surface area is 94.6 Å². The Morgan fingerprint density at radius 2 is 2.44 bits per heavy atom. The first-order valence-electron chi connectivity index (χ1n) is 5.24. The summed E-state index contributed by atoms with van der Waals surface area (Å²) < 4.78 is 7.04. The van der Waals surface area contributed by atoms with Gasteiger partial charge in [-0.05, 0) is 24.3 Å². The van der Waals surface area contributed by atoms with Crippen LogP contribution >= 0.6 is 0 Å². The van der Waals surface area contributed by atoms with Crippen molar-refractivity contribution in [2.24, 2.45) is 7.05 Å². The summed E-state index contributed by atoms with van der Waals surface area (Å²) in [5, 5.41) is 7.40. The Bertz CT molecular complexity index is 443. The quantitative estimate of drug-likeness (QED) is 0.777. The van der Waals surface area contributed by atoms with Gasteiger partial charge in [-0.2, -0.15) is 5.10 Å². The van der Waals surface area contributed by atoms with Gasteiger partial charge in [0.05, 0.1) is 12.0 Å². The summed E-state index contributed by atoms with van der Waals surface area (Å²) in [6, 6.07) is 5.81. The summed E-state index contributed by atoms with van der Waals surface area (Å²) in [6.45, 7) is 1.63. The van der Waals surface area contributed by atoms with Crippen molar-refractivity contribution in [1.82, 2.24) is 15.1 Å². The molecule has 0 fully saturated rings. The summed E-state index contributed by atoms with van der Waals surface area (Å²) >= 11 is 0. The maximum absolute atomic E-state index is 5.18. The van der Waals surface area contributed by atoms with E-state index in [0.29, 0.717) is 0 Å². The van der Waals surface area contributed by atoms with Crippen LogP contribution in [-0.2, 0) is 13.6 Å². The van der Waals surface area contributed by atoms with Gasteiger partial charge in [0.2, 0.25) is 0 Å². The molecule has 2 heterocycles. The van der Waals surface area contributed by atoms with Gasteiger partial charge in [-0.25, -0.2) is 0 Å². The minimum Gasteiger partial charge on any atom is -0.465 e. The second-order valence-electron chi connectivity index (χ2n) is 3.49. The molecule has 0 amide bonds. The predicted octanol–water partition coefficient (Wildman–Crippen LogP) is 1.82. The molecule has 2 rings (SSSR count). The molecular formula is C12H15N3O. The zero-order valence-electron chi connectivity index (χ0n) is 9.26. The molecule has 4 nitrogen and oxygen atoms in total. The molecule has 0 atom stereocenters. The molecule has 0 unspecified atom stereocenters. The van der Waals surface area contributed by atoms with E-state index in [2.05, 4.69) is 10.4 Å². The number of hydrogen-bond acceptors (Lipinski definition) is 3. The van der Waals surface area contributed by atoms with E-state index in [-0.39, 0.29) is 0 Å². The number of aryl methyl sites for hydroxylation is 1. The Kier molecular flexibility index (Phi) is 3.56. The average molecular weight is 217 g/mol. The van der Waals surface area contributed by atoms with Crippen molar-refractivity contribution in [3.05, 3.63) is 48.2 Å². The van der Waals surface area contributed by atoms with Gasteiger partial charge < -0.3 is 9.73 Å². The second-order valence-corrected chi connectivity index (χ2v) is 3.49. The van der Waals surface area contributed by atoms with E-state index < -0.39 is 0 Å². The molecule has 0 saturated heterocycles. The van der Waals surface area contributed by atoms with E-state index in [9.17, 15) is 0 Å². The van der Waals surface area contributed by atoms with E-state index in [1.54, 1.807) is 12.5 Å². The molecule has 0 bridgehead atoms. The SMILES string of the molecule is Cn1nccc1CNC/C=C/c1ccco1. The summed E-state index contributed by atoms with van der Waals surface area (Å²) in [4.78, 5) is 0. The molecule has 4 heteroatoms. The standard InChI is InChI=1S/C12H15N3O/c1-15-11(6-8-14-15)10-13-7-2-4-12-5-3-9-16-12/h2-6,8-9,13H,7,10H2,1H3/b4-2+. The van der Waals surface area contributed by atoms with Crippen LogP contribution in [0.1, 0.15) is 11.5 Å². The summed E-state index contributed by atoms with van der Waals surface area (Å²) in [5.74, 6) is 0.877. The number of nitrogens with one attached hydrogen (secondary N) is 1. The van der Waals surface area contributed by atoms with Gasteiger partial charge in [-0.15, -0.1) is 0 Å². The Hall–Kier alpha value is -1.81. The van der Waals surface area contributed by atoms with Crippen molar-refractivity contribution in [3.63, 3.8) is 0 Å². The summed E-state index contributed by atoms with van der Waals surface area (Å²) in [7, 11) is 1.94. The van der Waals surface area contributed by atoms with Crippen LogP contribution < -0.4 is 5.32 Å². The minimum absolute atomic E-state index is 0.811. The van der Waals surface area contributed by atoms with Crippen molar-refractivity contribution in [2.45, 2.75) is 6.54 Å². The largest absolute Gasteiger partial charge is 0.465 e. The molecule has 0 aromatic carbocycles. The topological polar surface area (TPSA) is 43.0 Å². The highest BCUT2D eigenvalue weighted by Gasteiger charge is 1.95. The van der Waals surface area contributed by atoms with Crippen molar-refractivity contribution < 1.29 is 4.42 Å². The van der Waals surface area contributed by atoms with Gasteiger partial charge in [-0.3, -0.25) is 4.68 Å². The van der Waals surface area contributed by atoms with Crippen LogP contribution in [0.15, 0.2) is 41.2 Å². The van der Waals surface area contributed by atoms with E-state index in [1.807, 2.05) is 42.1 Å². The molecular weight excluding hydrogens is 202 g/mol. The van der Waals surface area contributed by atoms with Crippen LogP contribution in [0.4, 0.5) is 0 Å². The zero-order valence-corrected chi connectivity index (χ0v) is 9.26. The molecule has 0 spiro atoms. The lowest BCUT2D eigenvalue weighted by atomic mass is 10.4. The Morgan fingerprint density at radius 3 is 3.12 bits per heavy atom. The van der Waals surface area contributed by atoms with E-state index in [1.165, 1.54) is 5.69 Å². The van der Waals surface area contributed by atoms with Crippen LogP contribution in [0.25, 0.3) is 6.08 Å². The van der Waals surface area contributed by atoms with Gasteiger partial charge >= 0.3 is 0 Å². The fraction of sp³-hybridized carbons (Fsp3) is 0.250. The third-order valence-electron chi connectivity index (χ3n) is 2.32. The van der Waals surface area contributed by atoms with E-state index in [4.69, 9.17) is 4.42 Å². The number of rotatable bonds is 5. The van der Waals surface area contributed by atoms with Crippen molar-refractivity contribution in [3.8, 4) is 0 Å². The first kappa shape index (κ1) is 10.7. The lowest BCUT2D eigenvalue weighted by molar-refractivity contribution is 0.556. The first-order valence-corrected chi connectivity index (χ1v) is 5.24. The highest BCUT2D eigenvalue weighted by atomic mass is 16.3. The van der Waals surface area contributed by atoms with Gasteiger partial charge in [0.1, 0.15) is 5.76 Å². The van der Waals surface area contributed by atoms with Gasteiger partial charge in [0.15, 0.2) is 0 Å². The van der Waals surface area contributed by atoms with E-state index >= 15 is 0 Å². The molecule has 0 aliphatic carbocycles. The number of hydrogen-bond donors (Lipinski definition) is 1. The molecule has 0 saturated carbocycles. The summed E-state index contributed by atoms with van der Waals surface area (Å²) in [6.07, 6.45) is 7.46. The number of nitrogens with zero attached hydrogens (tertiary/aromatic N) is 2. The molecule has 1 N–H and O–H groups in total. The molecule has 2 aromatic heterocycles. The monoisotopic (exact) mass is 217 g/mol. The highest BCUT2D eigenvalue weighted by Crippen LogP contribution is 2.01. The molecule has 0 radical (unpaired) electrons. The minimum atomic E-state index is 0.811. The van der Waals surface area contributed by atoms with Crippen molar-refractivity contribution in [1.29, 1.82) is 0 Å². The maximum Gasteiger partial charge on any atom is 0.126 e. The zero-order chi connectivity index (χ0) is 11.2. The average Bonchev–Trinajstić information content (AvgIpc) is 2.90. The van der Waals surface area contributed by atoms with Gasteiger partial charge in [-0.1, -0.05) is 6.08 Å². The van der Waals surface area contributed by atoms with Crippen LogP contribution in [0.2, 0.25) is 0 Å². The molecule has 84 valence electrons. The first-order chi connectivity index (χ1) is 7.86. The Balaban J connectivity index is 1.71.